The highest BCUT2D eigenvalue weighted by molar-refractivity contribution is 7.58. The van der Waals surface area contributed by atoms with E-state index in [0.717, 1.165) is 6.92 Å². The molecule has 0 aliphatic heterocycles. The zero-order chi connectivity index (χ0) is 14.4. The van der Waals surface area contributed by atoms with Gasteiger partial charge in [0.1, 0.15) is 0 Å². The highest BCUT2D eigenvalue weighted by Crippen LogP contribution is 2.60. The molecule has 0 aromatic heterocycles. The van der Waals surface area contributed by atoms with Gasteiger partial charge in [-0.05, 0) is 27.7 Å². The van der Waals surface area contributed by atoms with Crippen molar-refractivity contribution in [2.24, 2.45) is 0 Å². The molecule has 0 amide bonds. The summed E-state index contributed by atoms with van der Waals surface area (Å²) in [6.07, 6.45) is 0. The van der Waals surface area contributed by atoms with Gasteiger partial charge < -0.3 is 18.9 Å². The molecule has 0 aliphatic carbocycles. The molecule has 0 saturated heterocycles. The fourth-order valence-corrected chi connectivity index (χ4v) is 3.02. The summed E-state index contributed by atoms with van der Waals surface area (Å²) in [6.45, 7) is 5.45. The van der Waals surface area contributed by atoms with Gasteiger partial charge in [-0.1, -0.05) is 0 Å². The van der Waals surface area contributed by atoms with Gasteiger partial charge in [0, 0.05) is 0 Å². The van der Waals surface area contributed by atoms with Gasteiger partial charge in [-0.15, -0.1) is 0 Å². The first-order chi connectivity index (χ1) is 8.30. The Bertz CT molecular complexity index is 344. The highest BCUT2D eigenvalue weighted by Gasteiger charge is 2.61. The maximum atomic E-state index is 12.5. The number of carbonyl (C=O) groups is 2. The first-order valence-electron chi connectivity index (χ1n) is 5.59. The predicted molar refractivity (Wildman–Crippen MR) is 63.5 cm³/mol. The second-order valence-corrected chi connectivity index (χ2v) is 5.84. The smallest absolute Gasteiger partial charge is 0.359 e. The van der Waals surface area contributed by atoms with Gasteiger partial charge in [0.25, 0.3) is 5.16 Å². The van der Waals surface area contributed by atoms with E-state index in [2.05, 4.69) is 4.74 Å². The van der Waals surface area contributed by atoms with Crippen molar-refractivity contribution < 1.29 is 33.0 Å². The fraction of sp³-hybridized carbons (Fsp3) is 0.800. The van der Waals surface area contributed by atoms with Crippen molar-refractivity contribution in [3.8, 4) is 0 Å². The van der Waals surface area contributed by atoms with Crippen LogP contribution in [0.1, 0.15) is 27.7 Å². The summed E-state index contributed by atoms with van der Waals surface area (Å²) in [6, 6.07) is 0. The molecule has 0 aromatic carbocycles. The van der Waals surface area contributed by atoms with E-state index >= 15 is 0 Å². The zero-order valence-corrected chi connectivity index (χ0v) is 11.9. The lowest BCUT2D eigenvalue weighted by Gasteiger charge is -2.29. The molecule has 1 N–H and O–H groups in total. The van der Waals surface area contributed by atoms with Crippen LogP contribution in [0.25, 0.3) is 0 Å². The molecule has 8 heteroatoms. The van der Waals surface area contributed by atoms with Crippen molar-refractivity contribution in [2.45, 2.75) is 32.9 Å². The first-order valence-corrected chi connectivity index (χ1v) is 7.14. The van der Waals surface area contributed by atoms with E-state index in [-0.39, 0.29) is 19.8 Å². The molecule has 0 aromatic rings. The SMILES string of the molecule is CCOC(=O)C(C)(C(=O)O)P(=O)(OCC)OCC. The normalized spacial score (nSPS) is 14.9. The summed E-state index contributed by atoms with van der Waals surface area (Å²) in [5, 5.41) is 6.82. The Morgan fingerprint density at radius 2 is 1.56 bits per heavy atom. The third-order valence-electron chi connectivity index (χ3n) is 2.24. The van der Waals surface area contributed by atoms with E-state index in [1.54, 1.807) is 0 Å². The maximum Gasteiger partial charge on any atom is 0.359 e. The van der Waals surface area contributed by atoms with E-state index < -0.39 is 24.7 Å². The summed E-state index contributed by atoms with van der Waals surface area (Å²) in [7, 11) is -4.16. The number of aliphatic carboxylic acids is 1. The standard InChI is InChI=1S/C10H19O7P/c1-5-15-9(13)10(4,8(11)12)18(14,16-6-2)17-7-3/h5-7H2,1-4H3,(H,11,12). The number of hydrogen-bond acceptors (Lipinski definition) is 6. The summed E-state index contributed by atoms with van der Waals surface area (Å²) in [4.78, 5) is 23.1. The summed E-state index contributed by atoms with van der Waals surface area (Å²) in [5.41, 5.74) is 0. The van der Waals surface area contributed by atoms with Crippen LogP contribution < -0.4 is 0 Å². The average Bonchev–Trinajstić information content (AvgIpc) is 2.28. The molecule has 0 radical (unpaired) electrons. The van der Waals surface area contributed by atoms with Crippen molar-refractivity contribution in [2.75, 3.05) is 19.8 Å². The lowest BCUT2D eigenvalue weighted by atomic mass is 10.2. The molecule has 18 heavy (non-hydrogen) atoms. The van der Waals surface area contributed by atoms with Crippen LogP contribution in [0.2, 0.25) is 0 Å². The molecule has 0 heterocycles. The minimum Gasteiger partial charge on any atom is -0.480 e. The fourth-order valence-electron chi connectivity index (χ4n) is 1.22. The van der Waals surface area contributed by atoms with Crippen LogP contribution in [0, 0.1) is 0 Å². The van der Waals surface area contributed by atoms with Crippen LogP contribution in [0.4, 0.5) is 0 Å². The Balaban J connectivity index is 5.60. The van der Waals surface area contributed by atoms with Crippen molar-refractivity contribution in [1.82, 2.24) is 0 Å². The Morgan fingerprint density at radius 1 is 1.11 bits per heavy atom. The van der Waals surface area contributed by atoms with Gasteiger partial charge in [0.05, 0.1) is 19.8 Å². The predicted octanol–water partition coefficient (Wildman–Crippen LogP) is 1.66. The quantitative estimate of drug-likeness (QED) is 0.410. The van der Waals surface area contributed by atoms with Gasteiger partial charge in [-0.3, -0.25) is 14.2 Å². The van der Waals surface area contributed by atoms with E-state index in [0.29, 0.717) is 0 Å². The molecule has 0 bridgehead atoms. The third kappa shape index (κ3) is 3.10. The lowest BCUT2D eigenvalue weighted by molar-refractivity contribution is -0.156. The Morgan fingerprint density at radius 3 is 1.83 bits per heavy atom. The van der Waals surface area contributed by atoms with Crippen LogP contribution in [0.3, 0.4) is 0 Å². The maximum absolute atomic E-state index is 12.5. The number of esters is 1. The summed E-state index contributed by atoms with van der Waals surface area (Å²) >= 11 is 0. The van der Waals surface area contributed by atoms with Gasteiger partial charge in [0.15, 0.2) is 0 Å². The largest absolute Gasteiger partial charge is 0.480 e. The van der Waals surface area contributed by atoms with Crippen LogP contribution >= 0.6 is 7.60 Å². The van der Waals surface area contributed by atoms with Crippen LogP contribution in [-0.4, -0.2) is 42.0 Å². The van der Waals surface area contributed by atoms with Crippen molar-refractivity contribution in [1.29, 1.82) is 0 Å². The monoisotopic (exact) mass is 282 g/mol. The summed E-state index contributed by atoms with van der Waals surface area (Å²) < 4.78 is 27.0. The second kappa shape index (κ2) is 6.87. The van der Waals surface area contributed by atoms with E-state index in [4.69, 9.17) is 9.05 Å². The minimum atomic E-state index is -4.16. The molecule has 1 unspecified atom stereocenters. The van der Waals surface area contributed by atoms with Crippen LogP contribution in [0.15, 0.2) is 0 Å². The van der Waals surface area contributed by atoms with E-state index in [9.17, 15) is 19.3 Å². The Labute approximate surface area is 106 Å². The Kier molecular flexibility index (Phi) is 6.52. The minimum absolute atomic E-state index is 0.0278. The number of ether oxygens (including phenoxy) is 1. The number of carboxylic acid groups (broad SMARTS) is 1. The van der Waals surface area contributed by atoms with Gasteiger partial charge >= 0.3 is 19.5 Å². The number of hydrogen-bond donors (Lipinski definition) is 1. The van der Waals surface area contributed by atoms with Crippen LogP contribution in [0.5, 0.6) is 0 Å². The van der Waals surface area contributed by atoms with Crippen molar-refractivity contribution in [3.63, 3.8) is 0 Å². The highest BCUT2D eigenvalue weighted by atomic mass is 31.2. The van der Waals surface area contributed by atoms with Gasteiger partial charge in [0.2, 0.25) is 0 Å². The van der Waals surface area contributed by atoms with Gasteiger partial charge in [-0.25, -0.2) is 0 Å². The average molecular weight is 282 g/mol. The molecule has 0 spiro atoms. The zero-order valence-electron chi connectivity index (χ0n) is 11.0. The lowest BCUT2D eigenvalue weighted by Crippen LogP contribution is -2.45. The molecule has 1 atom stereocenters. The molecule has 106 valence electrons. The molecule has 0 aliphatic rings. The number of rotatable bonds is 8. The second-order valence-electron chi connectivity index (χ2n) is 3.43. The molecule has 0 saturated carbocycles. The summed E-state index contributed by atoms with van der Waals surface area (Å²) in [5.74, 6) is -2.74. The molecular formula is C10H19O7P. The van der Waals surface area contributed by atoms with Crippen molar-refractivity contribution >= 4 is 19.5 Å². The molecule has 0 rings (SSSR count). The first kappa shape index (κ1) is 17.1. The molecule has 0 fully saturated rings. The van der Waals surface area contributed by atoms with Crippen LogP contribution in [-0.2, 0) is 27.9 Å². The molecule has 7 nitrogen and oxygen atoms in total. The number of carbonyl (C=O) groups excluding carboxylic acids is 1. The third-order valence-corrected chi connectivity index (χ3v) is 4.90. The number of carboxylic acids is 1. The van der Waals surface area contributed by atoms with Gasteiger partial charge in [-0.2, -0.15) is 0 Å². The molecular weight excluding hydrogens is 263 g/mol. The van der Waals surface area contributed by atoms with E-state index in [1.165, 1.54) is 20.8 Å². The topological polar surface area (TPSA) is 99.1 Å². The van der Waals surface area contributed by atoms with E-state index in [1.807, 2.05) is 0 Å². The van der Waals surface area contributed by atoms with Crippen molar-refractivity contribution in [3.05, 3.63) is 0 Å². The Hall–Kier alpha value is -0.910.